The second-order valence-corrected chi connectivity index (χ2v) is 8.06. The van der Waals surface area contributed by atoms with E-state index in [2.05, 4.69) is 36.2 Å². The first-order chi connectivity index (χ1) is 13.8. The molecule has 0 spiro atoms. The average Bonchev–Trinajstić information content (AvgIpc) is 2.71. The van der Waals surface area contributed by atoms with Crippen molar-refractivity contribution in [1.82, 2.24) is 10.2 Å². The van der Waals surface area contributed by atoms with Gasteiger partial charge in [0, 0.05) is 31.0 Å². The molecule has 2 aromatic rings. The summed E-state index contributed by atoms with van der Waals surface area (Å²) in [4.78, 5) is 26.5. The number of nitrogens with one attached hydrogen (secondary N) is 1. The smallest absolute Gasteiger partial charge is 0.220 e. The van der Waals surface area contributed by atoms with E-state index in [4.69, 9.17) is 0 Å². The molecule has 0 unspecified atom stereocenters. The molecule has 0 heterocycles. The van der Waals surface area contributed by atoms with Crippen LogP contribution in [0.4, 0.5) is 0 Å². The second-order valence-electron chi connectivity index (χ2n) is 8.06. The van der Waals surface area contributed by atoms with Gasteiger partial charge in [0.15, 0.2) is 5.78 Å². The Labute approximate surface area is 175 Å². The van der Waals surface area contributed by atoms with Crippen LogP contribution < -0.4 is 5.32 Å². The van der Waals surface area contributed by atoms with E-state index in [-0.39, 0.29) is 23.7 Å². The first-order valence-corrected chi connectivity index (χ1v) is 10.4. The molecule has 29 heavy (non-hydrogen) atoms. The molecule has 0 bridgehead atoms. The van der Waals surface area contributed by atoms with Crippen LogP contribution in [0.1, 0.15) is 59.7 Å². The Hall–Kier alpha value is -2.46. The predicted molar refractivity (Wildman–Crippen MR) is 119 cm³/mol. The molecular weight excluding hydrogens is 360 g/mol. The van der Waals surface area contributed by atoms with Gasteiger partial charge < -0.3 is 10.2 Å². The van der Waals surface area contributed by atoms with Crippen LogP contribution in [0.3, 0.4) is 0 Å². The molecule has 4 nitrogen and oxygen atoms in total. The molecule has 0 saturated carbocycles. The van der Waals surface area contributed by atoms with Crippen LogP contribution in [0.25, 0.3) is 0 Å². The maximum absolute atomic E-state index is 12.5. The summed E-state index contributed by atoms with van der Waals surface area (Å²) in [5.74, 6) is 0.442. The summed E-state index contributed by atoms with van der Waals surface area (Å²) in [7, 11) is 4.07. The molecule has 1 N–H and O–H groups in total. The molecule has 2 rings (SSSR count). The lowest BCUT2D eigenvalue weighted by molar-refractivity contribution is -0.121. The topological polar surface area (TPSA) is 49.4 Å². The standard InChI is InChI=1S/C25H34N2O2/c1-6-24(28)22-13-12-21(18(2)14-22)16-23(27(4)5)17-26-25(29)15-19(3)20-10-8-7-9-11-20/h7-14,19,23H,6,15-17H2,1-5H3,(H,26,29)/t19-,23+/m1/s1. The molecular formula is C25H34N2O2. The van der Waals surface area contributed by atoms with Gasteiger partial charge in [-0.15, -0.1) is 0 Å². The van der Waals surface area contributed by atoms with Crippen molar-refractivity contribution in [2.75, 3.05) is 20.6 Å². The fourth-order valence-corrected chi connectivity index (χ4v) is 3.47. The molecule has 0 aliphatic heterocycles. The van der Waals surface area contributed by atoms with E-state index in [9.17, 15) is 9.59 Å². The van der Waals surface area contributed by atoms with E-state index < -0.39 is 0 Å². The summed E-state index contributed by atoms with van der Waals surface area (Å²) in [5.41, 5.74) is 4.30. The van der Waals surface area contributed by atoms with Gasteiger partial charge in [0.25, 0.3) is 0 Å². The number of carbonyl (C=O) groups is 2. The Morgan fingerprint density at radius 3 is 2.34 bits per heavy atom. The number of aryl methyl sites for hydroxylation is 1. The van der Waals surface area contributed by atoms with Gasteiger partial charge in [-0.25, -0.2) is 0 Å². The highest BCUT2D eigenvalue weighted by Gasteiger charge is 2.17. The lowest BCUT2D eigenvalue weighted by Gasteiger charge is -2.26. The van der Waals surface area contributed by atoms with Crippen LogP contribution in [0, 0.1) is 6.92 Å². The lowest BCUT2D eigenvalue weighted by atomic mass is 9.96. The number of nitrogens with zero attached hydrogens (tertiary/aromatic N) is 1. The van der Waals surface area contributed by atoms with E-state index in [0.717, 1.165) is 17.5 Å². The molecule has 4 heteroatoms. The van der Waals surface area contributed by atoms with Gasteiger partial charge >= 0.3 is 0 Å². The van der Waals surface area contributed by atoms with E-state index in [1.165, 1.54) is 11.1 Å². The molecule has 0 fully saturated rings. The number of hydrogen-bond acceptors (Lipinski definition) is 3. The summed E-state index contributed by atoms with van der Waals surface area (Å²) < 4.78 is 0. The van der Waals surface area contributed by atoms with E-state index in [0.29, 0.717) is 19.4 Å². The zero-order valence-electron chi connectivity index (χ0n) is 18.4. The monoisotopic (exact) mass is 394 g/mol. The number of likely N-dealkylation sites (N-methyl/N-ethyl adjacent to an activating group) is 1. The van der Waals surface area contributed by atoms with Gasteiger partial charge in [-0.3, -0.25) is 9.59 Å². The van der Waals surface area contributed by atoms with E-state index in [1.807, 2.05) is 57.4 Å². The van der Waals surface area contributed by atoms with Crippen LogP contribution in [-0.4, -0.2) is 43.3 Å². The Bertz CT molecular complexity index is 815. The normalized spacial score (nSPS) is 13.2. The molecule has 1 amide bonds. The minimum atomic E-state index is 0.0776. The van der Waals surface area contributed by atoms with Crippen LogP contribution >= 0.6 is 0 Å². The van der Waals surface area contributed by atoms with Crippen molar-refractivity contribution in [1.29, 1.82) is 0 Å². The summed E-state index contributed by atoms with van der Waals surface area (Å²) in [6, 6.07) is 16.3. The Balaban J connectivity index is 1.95. The SMILES string of the molecule is CCC(=O)c1ccc(C[C@@H](CNC(=O)C[C@@H](C)c2ccccc2)N(C)C)c(C)c1. The molecule has 2 aromatic carbocycles. The lowest BCUT2D eigenvalue weighted by Crippen LogP contribution is -2.42. The van der Waals surface area contributed by atoms with Crippen molar-refractivity contribution < 1.29 is 9.59 Å². The summed E-state index contributed by atoms with van der Waals surface area (Å²) >= 11 is 0. The van der Waals surface area contributed by atoms with Gasteiger partial charge in [-0.2, -0.15) is 0 Å². The van der Waals surface area contributed by atoms with Crippen LogP contribution in [0.15, 0.2) is 48.5 Å². The van der Waals surface area contributed by atoms with Crippen LogP contribution in [0.2, 0.25) is 0 Å². The van der Waals surface area contributed by atoms with Gasteiger partial charge in [0.2, 0.25) is 5.91 Å². The number of amides is 1. The third-order valence-electron chi connectivity index (χ3n) is 5.57. The maximum Gasteiger partial charge on any atom is 0.220 e. The maximum atomic E-state index is 12.5. The third kappa shape index (κ3) is 6.82. The highest BCUT2D eigenvalue weighted by molar-refractivity contribution is 5.96. The van der Waals surface area contributed by atoms with Crippen molar-refractivity contribution in [3.63, 3.8) is 0 Å². The summed E-state index contributed by atoms with van der Waals surface area (Å²) in [6.45, 7) is 6.62. The van der Waals surface area contributed by atoms with Crippen molar-refractivity contribution in [3.8, 4) is 0 Å². The Morgan fingerprint density at radius 2 is 1.76 bits per heavy atom. The fourth-order valence-electron chi connectivity index (χ4n) is 3.47. The molecule has 0 aliphatic rings. The minimum Gasteiger partial charge on any atom is -0.355 e. The van der Waals surface area contributed by atoms with Gasteiger partial charge in [0.1, 0.15) is 0 Å². The number of rotatable bonds is 10. The molecule has 2 atom stereocenters. The van der Waals surface area contributed by atoms with Crippen molar-refractivity contribution in [2.45, 2.75) is 52.0 Å². The number of Topliss-reactive ketones (excluding diaryl/α,β-unsaturated/α-hetero) is 1. The second kappa shape index (κ2) is 10.9. The molecule has 0 saturated heterocycles. The molecule has 0 aliphatic carbocycles. The summed E-state index contributed by atoms with van der Waals surface area (Å²) in [5, 5.41) is 3.11. The number of carbonyl (C=O) groups excluding carboxylic acids is 2. The fraction of sp³-hybridized carbons (Fsp3) is 0.440. The highest BCUT2D eigenvalue weighted by atomic mass is 16.1. The van der Waals surface area contributed by atoms with Gasteiger partial charge in [0.05, 0.1) is 0 Å². The van der Waals surface area contributed by atoms with E-state index >= 15 is 0 Å². The Kier molecular flexibility index (Phi) is 8.59. The largest absolute Gasteiger partial charge is 0.355 e. The average molecular weight is 395 g/mol. The van der Waals surface area contributed by atoms with Crippen molar-refractivity contribution >= 4 is 11.7 Å². The van der Waals surface area contributed by atoms with Crippen LogP contribution in [0.5, 0.6) is 0 Å². The Morgan fingerprint density at radius 1 is 1.07 bits per heavy atom. The first-order valence-electron chi connectivity index (χ1n) is 10.4. The zero-order chi connectivity index (χ0) is 21.4. The predicted octanol–water partition coefficient (Wildman–Crippen LogP) is 4.37. The third-order valence-corrected chi connectivity index (χ3v) is 5.57. The van der Waals surface area contributed by atoms with Crippen molar-refractivity contribution in [3.05, 3.63) is 70.8 Å². The van der Waals surface area contributed by atoms with Crippen molar-refractivity contribution in [2.24, 2.45) is 0 Å². The highest BCUT2D eigenvalue weighted by Crippen LogP contribution is 2.19. The first kappa shape index (κ1) is 22.8. The quantitative estimate of drug-likeness (QED) is 0.609. The number of benzene rings is 2. The molecule has 156 valence electrons. The number of hydrogen-bond donors (Lipinski definition) is 1. The van der Waals surface area contributed by atoms with Crippen LogP contribution in [-0.2, 0) is 11.2 Å². The minimum absolute atomic E-state index is 0.0776. The van der Waals surface area contributed by atoms with Gasteiger partial charge in [-0.05, 0) is 56.1 Å². The molecule has 0 aromatic heterocycles. The summed E-state index contributed by atoms with van der Waals surface area (Å²) in [6.07, 6.45) is 1.83. The zero-order valence-corrected chi connectivity index (χ0v) is 18.4. The number of ketones is 1. The van der Waals surface area contributed by atoms with Gasteiger partial charge in [-0.1, -0.05) is 56.3 Å². The molecule has 0 radical (unpaired) electrons. The van der Waals surface area contributed by atoms with E-state index in [1.54, 1.807) is 0 Å².